The fourth-order valence-electron chi connectivity index (χ4n) is 1.70. The molecule has 10 nitrogen and oxygen atoms in total. The predicted molar refractivity (Wildman–Crippen MR) is 99.7 cm³/mol. The second-order valence-corrected chi connectivity index (χ2v) is 6.00. The first kappa shape index (κ1) is 25.3. The smallest absolute Gasteiger partial charge is 0.414 e. The summed E-state index contributed by atoms with van der Waals surface area (Å²) in [4.78, 5) is 34.6. The fraction of sp³-hybridized carbons (Fsp3) is 0.500. The monoisotopic (exact) mass is 400 g/mol. The average Bonchev–Trinajstić information content (AvgIpc) is 2.66. The van der Waals surface area contributed by atoms with Gasteiger partial charge in [-0.15, -0.1) is 0 Å². The number of carboxylic acid groups (broad SMARTS) is 1. The van der Waals surface area contributed by atoms with Gasteiger partial charge in [-0.2, -0.15) is 0 Å². The molecule has 158 valence electrons. The minimum absolute atomic E-state index is 0.156. The van der Waals surface area contributed by atoms with E-state index in [2.05, 4.69) is 16.6 Å². The van der Waals surface area contributed by atoms with Gasteiger partial charge < -0.3 is 34.6 Å². The van der Waals surface area contributed by atoms with Crippen molar-refractivity contribution in [1.29, 1.82) is 0 Å². The molecule has 0 aliphatic heterocycles. The van der Waals surface area contributed by atoms with Crippen LogP contribution in [-0.2, 0) is 14.3 Å². The summed E-state index contributed by atoms with van der Waals surface area (Å²) < 4.78 is 9.02. The maximum absolute atomic E-state index is 11.7. The Hall–Kier alpha value is -2.69. The van der Waals surface area contributed by atoms with E-state index < -0.39 is 18.4 Å². The van der Waals surface area contributed by atoms with Gasteiger partial charge in [-0.1, -0.05) is 12.1 Å². The molecule has 0 radical (unpaired) electrons. The van der Waals surface area contributed by atoms with E-state index in [1.165, 1.54) is 4.90 Å². The molecule has 0 unspecified atom stereocenters. The molecule has 0 aliphatic rings. The molecule has 3 N–H and O–H groups in total. The van der Waals surface area contributed by atoms with Gasteiger partial charge in [0.05, 0.1) is 0 Å². The molecular formula is C18H28N2O8. The minimum Gasteiger partial charge on any atom is -0.479 e. The van der Waals surface area contributed by atoms with Gasteiger partial charge in [0.2, 0.25) is 12.4 Å². The van der Waals surface area contributed by atoms with E-state index in [9.17, 15) is 14.4 Å². The Morgan fingerprint density at radius 2 is 1.82 bits per heavy atom. The molecule has 3 atom stereocenters. The predicted octanol–water partition coefficient (Wildman–Crippen LogP) is 0.683. The van der Waals surface area contributed by atoms with E-state index in [0.29, 0.717) is 12.3 Å². The van der Waals surface area contributed by atoms with Crippen LogP contribution in [0.2, 0.25) is 0 Å². The summed E-state index contributed by atoms with van der Waals surface area (Å²) in [6, 6.07) is 7.93. The molecule has 0 saturated carbocycles. The van der Waals surface area contributed by atoms with Crippen LogP contribution in [0.3, 0.4) is 0 Å². The fourth-order valence-corrected chi connectivity index (χ4v) is 1.70. The molecule has 0 spiro atoms. The molecule has 1 aromatic rings. The Kier molecular flexibility index (Phi) is 11.4. The van der Waals surface area contributed by atoms with Crippen molar-refractivity contribution in [2.45, 2.75) is 32.3 Å². The standard InChI is InChI=1S/C14H22N2O2.C4H6O6/c1-6-16(5)14(17)18-13-9-7-8-12(10-13)11(2)15(3)4;5-1-10-4(9)2(6)3(7)8/h7-11H,6H2,1-5H3;1-2,4,6,9H,(H,7,8)/t11-;2-,4-/m00/s1. The average molecular weight is 400 g/mol. The van der Waals surface area contributed by atoms with E-state index >= 15 is 0 Å². The van der Waals surface area contributed by atoms with Crippen LogP contribution in [0, 0.1) is 0 Å². The van der Waals surface area contributed by atoms with Crippen LogP contribution < -0.4 is 4.74 Å². The lowest BCUT2D eigenvalue weighted by atomic mass is 10.1. The van der Waals surface area contributed by atoms with Crippen molar-refractivity contribution < 1.29 is 39.2 Å². The second-order valence-electron chi connectivity index (χ2n) is 6.00. The molecule has 0 bridgehead atoms. The van der Waals surface area contributed by atoms with Crippen LogP contribution >= 0.6 is 0 Å². The molecular weight excluding hydrogens is 372 g/mol. The summed E-state index contributed by atoms with van der Waals surface area (Å²) in [5, 5.41) is 24.8. The molecule has 10 heteroatoms. The number of amides is 1. The number of rotatable bonds is 8. The van der Waals surface area contributed by atoms with Crippen molar-refractivity contribution in [3.8, 4) is 5.75 Å². The summed E-state index contributed by atoms with van der Waals surface area (Å²) in [5.41, 5.74) is 1.13. The highest BCUT2D eigenvalue weighted by Gasteiger charge is 2.24. The number of carbonyl (C=O) groups excluding carboxylic acids is 2. The van der Waals surface area contributed by atoms with Crippen LogP contribution in [0.4, 0.5) is 4.79 Å². The highest BCUT2D eigenvalue weighted by atomic mass is 16.6. The lowest BCUT2D eigenvalue weighted by Crippen LogP contribution is -2.35. The number of aliphatic hydroxyl groups excluding tert-OH is 2. The molecule has 0 aliphatic carbocycles. The van der Waals surface area contributed by atoms with Crippen LogP contribution in [0.1, 0.15) is 25.5 Å². The highest BCUT2D eigenvalue weighted by molar-refractivity contribution is 5.72. The summed E-state index contributed by atoms with van der Waals surface area (Å²) in [6.07, 6.45) is -4.42. The largest absolute Gasteiger partial charge is 0.479 e. The van der Waals surface area contributed by atoms with Gasteiger partial charge in [-0.25, -0.2) is 9.59 Å². The number of aliphatic carboxylic acids is 1. The zero-order chi connectivity index (χ0) is 21.9. The quantitative estimate of drug-likeness (QED) is 0.425. The molecule has 1 rings (SSSR count). The lowest BCUT2D eigenvalue weighted by Gasteiger charge is -2.21. The summed E-state index contributed by atoms with van der Waals surface area (Å²) in [6.45, 7) is 4.49. The Bertz CT molecular complexity index is 638. The third-order valence-electron chi connectivity index (χ3n) is 3.82. The maximum Gasteiger partial charge on any atom is 0.414 e. The molecule has 0 saturated heterocycles. The minimum atomic E-state index is -2.09. The number of carboxylic acids is 1. The zero-order valence-electron chi connectivity index (χ0n) is 16.6. The van der Waals surface area contributed by atoms with Crippen molar-refractivity contribution in [1.82, 2.24) is 9.80 Å². The topological polar surface area (TPSA) is 137 Å². The van der Waals surface area contributed by atoms with E-state index in [4.69, 9.17) is 20.1 Å². The van der Waals surface area contributed by atoms with Crippen molar-refractivity contribution >= 4 is 18.5 Å². The Morgan fingerprint density at radius 1 is 1.21 bits per heavy atom. The molecule has 1 amide bonds. The number of ether oxygens (including phenoxy) is 2. The zero-order valence-corrected chi connectivity index (χ0v) is 16.6. The van der Waals surface area contributed by atoms with Gasteiger partial charge in [0, 0.05) is 19.6 Å². The highest BCUT2D eigenvalue weighted by Crippen LogP contribution is 2.22. The lowest BCUT2D eigenvalue weighted by molar-refractivity contribution is -0.185. The van der Waals surface area contributed by atoms with Crippen LogP contribution in [0.5, 0.6) is 5.75 Å². The van der Waals surface area contributed by atoms with Crippen LogP contribution in [0.15, 0.2) is 24.3 Å². The normalized spacial score (nSPS) is 13.4. The van der Waals surface area contributed by atoms with Crippen molar-refractivity contribution in [2.24, 2.45) is 0 Å². The SMILES string of the molecule is CCN(C)C(=O)Oc1cccc([C@H](C)N(C)C)c1.O=CO[C@H](O)[C@@H](O)C(=O)O. The van der Waals surface area contributed by atoms with E-state index in [1.807, 2.05) is 39.2 Å². The molecule has 0 heterocycles. The van der Waals surface area contributed by atoms with Crippen molar-refractivity contribution in [2.75, 3.05) is 27.7 Å². The summed E-state index contributed by atoms with van der Waals surface area (Å²) in [7, 11) is 5.76. The first-order valence-electron chi connectivity index (χ1n) is 8.42. The third-order valence-corrected chi connectivity index (χ3v) is 3.82. The number of carbonyl (C=O) groups is 3. The first-order chi connectivity index (χ1) is 13.0. The van der Waals surface area contributed by atoms with Gasteiger partial charge in [-0.3, -0.25) is 4.79 Å². The Balaban J connectivity index is 0.000000621. The number of hydrogen-bond donors (Lipinski definition) is 3. The maximum atomic E-state index is 11.7. The summed E-state index contributed by atoms with van der Waals surface area (Å²) >= 11 is 0. The molecule has 1 aromatic carbocycles. The number of hydrogen-bond acceptors (Lipinski definition) is 8. The summed E-state index contributed by atoms with van der Waals surface area (Å²) in [5.74, 6) is -1.07. The van der Waals surface area contributed by atoms with Crippen molar-refractivity contribution in [3.63, 3.8) is 0 Å². The second kappa shape index (κ2) is 12.7. The Morgan fingerprint density at radius 3 is 2.29 bits per heavy atom. The molecule has 28 heavy (non-hydrogen) atoms. The van der Waals surface area contributed by atoms with E-state index in [1.54, 1.807) is 13.1 Å². The van der Waals surface area contributed by atoms with Crippen LogP contribution in [-0.4, -0.2) is 83.7 Å². The van der Waals surface area contributed by atoms with Gasteiger partial charge >= 0.3 is 12.1 Å². The Labute approximate surface area is 163 Å². The van der Waals surface area contributed by atoms with E-state index in [-0.39, 0.29) is 18.6 Å². The van der Waals surface area contributed by atoms with Gasteiger partial charge in [-0.05, 0) is 45.6 Å². The molecule has 0 fully saturated rings. The van der Waals surface area contributed by atoms with E-state index in [0.717, 1.165) is 5.56 Å². The third kappa shape index (κ3) is 8.80. The van der Waals surface area contributed by atoms with Crippen LogP contribution in [0.25, 0.3) is 0 Å². The number of benzene rings is 1. The van der Waals surface area contributed by atoms with Crippen molar-refractivity contribution in [3.05, 3.63) is 29.8 Å². The number of nitrogens with zero attached hydrogens (tertiary/aromatic N) is 2. The van der Waals surface area contributed by atoms with Gasteiger partial charge in [0.15, 0.2) is 0 Å². The molecule has 0 aromatic heterocycles. The first-order valence-corrected chi connectivity index (χ1v) is 8.42. The van der Waals surface area contributed by atoms with Gasteiger partial charge in [0.25, 0.3) is 6.47 Å². The van der Waals surface area contributed by atoms with Gasteiger partial charge in [0.1, 0.15) is 5.75 Å². The number of aliphatic hydroxyl groups is 2.